The Morgan fingerprint density at radius 1 is 1.24 bits per heavy atom. The number of benzene rings is 1. The molecule has 2 atom stereocenters. The van der Waals surface area contributed by atoms with E-state index in [2.05, 4.69) is 27.9 Å². The smallest absolute Gasteiger partial charge is 0.251 e. The quantitative estimate of drug-likeness (QED) is 0.304. The van der Waals surface area contributed by atoms with E-state index in [1.165, 1.54) is 6.42 Å². The van der Waals surface area contributed by atoms with Crippen LogP contribution in [0.1, 0.15) is 23.7 Å². The van der Waals surface area contributed by atoms with Gasteiger partial charge in [0, 0.05) is 31.7 Å². The Morgan fingerprint density at radius 2 is 1.86 bits per heavy atom. The number of rotatable bonds is 5. The first-order valence-corrected chi connectivity index (χ1v) is 7.01. The van der Waals surface area contributed by atoms with E-state index in [0.717, 1.165) is 11.9 Å². The van der Waals surface area contributed by atoms with Crippen molar-refractivity contribution in [2.45, 2.75) is 19.4 Å². The SMILES string of the molecule is CN=C(NCCNC(=O)c1ccccc1)NC1CC1C.I. The Morgan fingerprint density at radius 3 is 2.43 bits per heavy atom. The fourth-order valence-corrected chi connectivity index (χ4v) is 1.94. The molecule has 2 rings (SSSR count). The zero-order valence-electron chi connectivity index (χ0n) is 12.4. The topological polar surface area (TPSA) is 65.5 Å². The number of guanidine groups is 1. The molecule has 1 amide bonds. The second kappa shape index (κ2) is 8.86. The number of halogens is 1. The second-order valence-electron chi connectivity index (χ2n) is 5.08. The molecule has 6 heteroatoms. The van der Waals surface area contributed by atoms with Gasteiger partial charge in [0.15, 0.2) is 5.96 Å². The highest BCUT2D eigenvalue weighted by Crippen LogP contribution is 2.28. The summed E-state index contributed by atoms with van der Waals surface area (Å²) in [5, 5.41) is 9.40. The highest BCUT2D eigenvalue weighted by molar-refractivity contribution is 14.0. The molecule has 1 aromatic rings. The van der Waals surface area contributed by atoms with Gasteiger partial charge in [0.25, 0.3) is 5.91 Å². The van der Waals surface area contributed by atoms with Crippen molar-refractivity contribution in [1.29, 1.82) is 0 Å². The van der Waals surface area contributed by atoms with Crippen molar-refractivity contribution in [3.8, 4) is 0 Å². The summed E-state index contributed by atoms with van der Waals surface area (Å²) < 4.78 is 0. The molecule has 116 valence electrons. The molecule has 0 saturated heterocycles. The minimum absolute atomic E-state index is 0. The molecule has 0 heterocycles. The van der Waals surface area contributed by atoms with Crippen LogP contribution in [0.2, 0.25) is 0 Å². The number of nitrogens with one attached hydrogen (secondary N) is 3. The van der Waals surface area contributed by atoms with E-state index in [4.69, 9.17) is 0 Å². The molecular weight excluding hydrogens is 379 g/mol. The lowest BCUT2D eigenvalue weighted by Crippen LogP contribution is -2.42. The first-order chi connectivity index (χ1) is 9.70. The maximum atomic E-state index is 11.8. The van der Waals surface area contributed by atoms with Crippen molar-refractivity contribution in [3.05, 3.63) is 35.9 Å². The van der Waals surface area contributed by atoms with Gasteiger partial charge in [-0.2, -0.15) is 0 Å². The minimum atomic E-state index is -0.0499. The van der Waals surface area contributed by atoms with E-state index < -0.39 is 0 Å². The van der Waals surface area contributed by atoms with Gasteiger partial charge >= 0.3 is 0 Å². The third kappa shape index (κ3) is 5.91. The fourth-order valence-electron chi connectivity index (χ4n) is 1.94. The van der Waals surface area contributed by atoms with Crippen LogP contribution in [0.15, 0.2) is 35.3 Å². The van der Waals surface area contributed by atoms with Gasteiger partial charge in [-0.3, -0.25) is 9.79 Å². The van der Waals surface area contributed by atoms with Crippen molar-refractivity contribution in [2.24, 2.45) is 10.9 Å². The van der Waals surface area contributed by atoms with Gasteiger partial charge in [-0.15, -0.1) is 24.0 Å². The van der Waals surface area contributed by atoms with E-state index in [1.807, 2.05) is 18.2 Å². The van der Waals surface area contributed by atoms with Crippen LogP contribution >= 0.6 is 24.0 Å². The lowest BCUT2D eigenvalue weighted by atomic mass is 10.2. The van der Waals surface area contributed by atoms with E-state index in [1.54, 1.807) is 19.2 Å². The van der Waals surface area contributed by atoms with Crippen molar-refractivity contribution >= 4 is 35.8 Å². The molecule has 2 unspecified atom stereocenters. The number of hydrogen-bond donors (Lipinski definition) is 3. The molecule has 1 aliphatic carbocycles. The Labute approximate surface area is 143 Å². The molecule has 3 N–H and O–H groups in total. The fraction of sp³-hybridized carbons (Fsp3) is 0.467. The Bertz CT molecular complexity index is 478. The number of aliphatic imine (C=N–C) groups is 1. The summed E-state index contributed by atoms with van der Waals surface area (Å²) in [7, 11) is 1.75. The largest absolute Gasteiger partial charge is 0.355 e. The Hall–Kier alpha value is -1.31. The van der Waals surface area contributed by atoms with Gasteiger partial charge in [0.1, 0.15) is 0 Å². The predicted molar refractivity (Wildman–Crippen MR) is 96.3 cm³/mol. The lowest BCUT2D eigenvalue weighted by Gasteiger charge is -2.12. The zero-order chi connectivity index (χ0) is 14.4. The summed E-state index contributed by atoms with van der Waals surface area (Å²) in [4.78, 5) is 16.0. The van der Waals surface area contributed by atoms with Crippen molar-refractivity contribution in [1.82, 2.24) is 16.0 Å². The van der Waals surface area contributed by atoms with E-state index >= 15 is 0 Å². The molecule has 0 aromatic heterocycles. The number of hydrogen-bond acceptors (Lipinski definition) is 2. The molecule has 21 heavy (non-hydrogen) atoms. The van der Waals surface area contributed by atoms with Crippen LogP contribution in [-0.2, 0) is 0 Å². The molecule has 1 saturated carbocycles. The Kier molecular flexibility index (Phi) is 7.49. The monoisotopic (exact) mass is 402 g/mol. The lowest BCUT2D eigenvalue weighted by molar-refractivity contribution is 0.0954. The third-order valence-corrected chi connectivity index (χ3v) is 3.39. The highest BCUT2D eigenvalue weighted by atomic mass is 127. The average molecular weight is 402 g/mol. The first kappa shape index (κ1) is 17.7. The van der Waals surface area contributed by atoms with Gasteiger partial charge < -0.3 is 16.0 Å². The maximum Gasteiger partial charge on any atom is 0.251 e. The van der Waals surface area contributed by atoms with Gasteiger partial charge in [-0.1, -0.05) is 25.1 Å². The van der Waals surface area contributed by atoms with Crippen LogP contribution in [0.25, 0.3) is 0 Å². The predicted octanol–water partition coefficient (Wildman–Crippen LogP) is 1.61. The van der Waals surface area contributed by atoms with Crippen LogP contribution < -0.4 is 16.0 Å². The van der Waals surface area contributed by atoms with Gasteiger partial charge in [-0.25, -0.2) is 0 Å². The maximum absolute atomic E-state index is 11.8. The first-order valence-electron chi connectivity index (χ1n) is 7.01. The van der Waals surface area contributed by atoms with Gasteiger partial charge in [0.2, 0.25) is 0 Å². The molecule has 1 aliphatic rings. The summed E-state index contributed by atoms with van der Waals surface area (Å²) >= 11 is 0. The number of nitrogens with zero attached hydrogens (tertiary/aromatic N) is 1. The molecular formula is C15H23IN4O. The highest BCUT2D eigenvalue weighted by Gasteiger charge is 2.33. The third-order valence-electron chi connectivity index (χ3n) is 3.39. The summed E-state index contributed by atoms with van der Waals surface area (Å²) in [5.41, 5.74) is 0.682. The normalized spacial score (nSPS) is 20.2. The molecule has 0 bridgehead atoms. The molecule has 0 spiro atoms. The van der Waals surface area contributed by atoms with Gasteiger partial charge in [0.05, 0.1) is 0 Å². The second-order valence-corrected chi connectivity index (χ2v) is 5.08. The molecule has 1 aromatic carbocycles. The van der Waals surface area contributed by atoms with E-state index in [0.29, 0.717) is 24.7 Å². The molecule has 1 fully saturated rings. The number of carbonyl (C=O) groups excluding carboxylic acids is 1. The van der Waals surface area contributed by atoms with Crippen molar-refractivity contribution < 1.29 is 4.79 Å². The van der Waals surface area contributed by atoms with Crippen LogP contribution in [0.3, 0.4) is 0 Å². The summed E-state index contributed by atoms with van der Waals surface area (Å²) in [6.45, 7) is 3.43. The van der Waals surface area contributed by atoms with Crippen LogP contribution in [0, 0.1) is 5.92 Å². The van der Waals surface area contributed by atoms with Crippen LogP contribution in [-0.4, -0.2) is 38.0 Å². The summed E-state index contributed by atoms with van der Waals surface area (Å²) in [6.07, 6.45) is 1.20. The van der Waals surface area contributed by atoms with Gasteiger partial charge in [-0.05, 0) is 24.5 Å². The number of amides is 1. The van der Waals surface area contributed by atoms with Crippen molar-refractivity contribution in [2.75, 3.05) is 20.1 Å². The summed E-state index contributed by atoms with van der Waals surface area (Å²) in [6, 6.07) is 9.76. The minimum Gasteiger partial charge on any atom is -0.355 e. The van der Waals surface area contributed by atoms with Crippen molar-refractivity contribution in [3.63, 3.8) is 0 Å². The van der Waals surface area contributed by atoms with E-state index in [9.17, 15) is 4.79 Å². The zero-order valence-corrected chi connectivity index (χ0v) is 14.8. The summed E-state index contributed by atoms with van der Waals surface area (Å²) in [5.74, 6) is 1.48. The molecule has 0 aliphatic heterocycles. The standard InChI is InChI=1S/C15H22N4O.HI/c1-11-10-13(11)19-15(16-2)18-9-8-17-14(20)12-6-4-3-5-7-12;/h3-7,11,13H,8-10H2,1-2H3,(H,17,20)(H2,16,18,19);1H. The number of carbonyl (C=O) groups is 1. The molecule has 0 radical (unpaired) electrons. The van der Waals surface area contributed by atoms with Crippen LogP contribution in [0.4, 0.5) is 0 Å². The average Bonchev–Trinajstić information content (AvgIpc) is 3.18. The van der Waals surface area contributed by atoms with E-state index in [-0.39, 0.29) is 29.9 Å². The van der Waals surface area contributed by atoms with Crippen LogP contribution in [0.5, 0.6) is 0 Å². The molecule has 5 nitrogen and oxygen atoms in total. The Balaban J connectivity index is 0.00000220.